The highest BCUT2D eigenvalue weighted by Crippen LogP contribution is 2.17. The van der Waals surface area contributed by atoms with Crippen molar-refractivity contribution in [1.29, 1.82) is 0 Å². The molecule has 0 aliphatic rings. The van der Waals surface area contributed by atoms with Gasteiger partial charge < -0.3 is 10.1 Å². The van der Waals surface area contributed by atoms with Gasteiger partial charge in [-0.05, 0) is 77.1 Å². The monoisotopic (exact) mass is 472 g/mol. The van der Waals surface area contributed by atoms with Crippen molar-refractivity contribution in [1.82, 2.24) is 5.32 Å². The quantitative estimate of drug-likeness (QED) is 0.494. The van der Waals surface area contributed by atoms with Crippen LogP contribution in [0.25, 0.3) is 0 Å². The molecular weight excluding hydrogens is 454 g/mol. The lowest BCUT2D eigenvalue weighted by molar-refractivity contribution is 0.0977. The summed E-state index contributed by atoms with van der Waals surface area (Å²) in [7, 11) is 0. The van der Waals surface area contributed by atoms with Crippen LogP contribution in [0.3, 0.4) is 0 Å². The van der Waals surface area contributed by atoms with Gasteiger partial charge >= 0.3 is 0 Å². The van der Waals surface area contributed by atoms with E-state index in [1.807, 2.05) is 36.4 Å². The normalized spacial score (nSPS) is 10.4. The molecule has 0 saturated carbocycles. The van der Waals surface area contributed by atoms with Gasteiger partial charge in [-0.2, -0.15) is 0 Å². The molecule has 0 aliphatic heterocycles. The maximum atomic E-state index is 13.8. The fourth-order valence-electron chi connectivity index (χ4n) is 1.91. The first-order chi connectivity index (χ1) is 11.8. The molecule has 25 heavy (non-hydrogen) atoms. The van der Waals surface area contributed by atoms with E-state index in [4.69, 9.17) is 17.0 Å². The number of thiocarbonyl (C=S) groups is 1. The van der Waals surface area contributed by atoms with Gasteiger partial charge in [0.1, 0.15) is 11.6 Å². The van der Waals surface area contributed by atoms with Gasteiger partial charge in [0.25, 0.3) is 5.91 Å². The summed E-state index contributed by atoms with van der Waals surface area (Å²) < 4.78 is 20.2. The second-order valence-electron chi connectivity index (χ2n) is 5.77. The smallest absolute Gasteiger partial charge is 0.257 e. The lowest BCUT2D eigenvalue weighted by Crippen LogP contribution is -2.34. The third-order valence-electron chi connectivity index (χ3n) is 3.09. The van der Waals surface area contributed by atoms with Crippen LogP contribution >= 0.6 is 34.8 Å². The van der Waals surface area contributed by atoms with Gasteiger partial charge in [0, 0.05) is 9.13 Å². The van der Waals surface area contributed by atoms with Gasteiger partial charge in [0.05, 0.1) is 12.3 Å². The first kappa shape index (κ1) is 19.6. The molecule has 0 fully saturated rings. The highest BCUT2D eigenvalue weighted by atomic mass is 127. The minimum Gasteiger partial charge on any atom is -0.493 e. The molecule has 0 aromatic heterocycles. The number of hydrogen-bond acceptors (Lipinski definition) is 3. The van der Waals surface area contributed by atoms with E-state index in [-0.39, 0.29) is 10.8 Å². The first-order valence-corrected chi connectivity index (χ1v) is 9.14. The Hall–Kier alpha value is -1.74. The number of anilines is 1. The lowest BCUT2D eigenvalue weighted by atomic mass is 10.2. The summed E-state index contributed by atoms with van der Waals surface area (Å²) in [6.45, 7) is 4.66. The van der Waals surface area contributed by atoms with Gasteiger partial charge in [-0.25, -0.2) is 4.39 Å². The van der Waals surface area contributed by atoms with Crippen LogP contribution in [-0.4, -0.2) is 17.6 Å². The van der Waals surface area contributed by atoms with E-state index in [1.54, 1.807) is 36.4 Å². The summed E-state index contributed by atoms with van der Waals surface area (Å²) in [5.74, 6) is 0.174. The molecule has 0 radical (unpaired) electrons. The second-order valence-corrected chi connectivity index (χ2v) is 7.42. The molecule has 0 saturated heterocycles. The summed E-state index contributed by atoms with van der Waals surface area (Å²) in [6.07, 6.45) is 0. The number of ether oxygens (including phenoxy) is 1. The van der Waals surface area contributed by atoms with Crippen LogP contribution in [0.1, 0.15) is 24.2 Å². The van der Waals surface area contributed by atoms with Gasteiger partial charge in [0.2, 0.25) is 0 Å². The third-order valence-corrected chi connectivity index (χ3v) is 3.96. The Kier molecular flexibility index (Phi) is 7.12. The van der Waals surface area contributed by atoms with Crippen LogP contribution in [0.5, 0.6) is 5.75 Å². The van der Waals surface area contributed by atoms with Crippen molar-refractivity contribution >= 4 is 51.5 Å². The van der Waals surface area contributed by atoms with Crippen LogP contribution in [0.4, 0.5) is 10.1 Å². The van der Waals surface area contributed by atoms with Crippen LogP contribution < -0.4 is 15.4 Å². The standard InChI is InChI=1S/C18H18FIN2O2S/c1-11(2)10-24-14-5-3-4-12(8-14)17(23)22-18(25)21-16-7-6-13(20)9-15(16)19/h3-9,11H,10H2,1-2H3,(H2,21,22,23,25). The lowest BCUT2D eigenvalue weighted by Gasteiger charge is -2.12. The molecule has 1 amide bonds. The summed E-state index contributed by atoms with van der Waals surface area (Å²) in [4.78, 5) is 12.3. The minimum absolute atomic E-state index is 0.0265. The van der Waals surface area contributed by atoms with Crippen molar-refractivity contribution in [2.24, 2.45) is 5.92 Å². The maximum Gasteiger partial charge on any atom is 0.257 e. The zero-order chi connectivity index (χ0) is 18.4. The highest BCUT2D eigenvalue weighted by Gasteiger charge is 2.11. The number of carbonyl (C=O) groups excluding carboxylic acids is 1. The SMILES string of the molecule is CC(C)COc1cccc(C(=O)NC(=S)Nc2ccc(I)cc2F)c1. The number of benzene rings is 2. The number of amides is 1. The fourth-order valence-corrected chi connectivity index (χ4v) is 2.57. The molecule has 0 spiro atoms. The average Bonchev–Trinajstić information content (AvgIpc) is 2.56. The van der Waals surface area contributed by atoms with Crippen molar-refractivity contribution in [2.75, 3.05) is 11.9 Å². The fraction of sp³-hybridized carbons (Fsp3) is 0.222. The molecule has 2 aromatic rings. The Labute approximate surface area is 165 Å². The van der Waals surface area contributed by atoms with Crippen molar-refractivity contribution < 1.29 is 13.9 Å². The first-order valence-electron chi connectivity index (χ1n) is 7.65. The van der Waals surface area contributed by atoms with Crippen LogP contribution in [0, 0.1) is 15.3 Å². The van der Waals surface area contributed by atoms with Crippen LogP contribution in [-0.2, 0) is 0 Å². The zero-order valence-corrected chi connectivity index (χ0v) is 16.8. The summed E-state index contributed by atoms with van der Waals surface area (Å²) >= 11 is 7.09. The van der Waals surface area contributed by atoms with Crippen LogP contribution in [0.15, 0.2) is 42.5 Å². The summed E-state index contributed by atoms with van der Waals surface area (Å²) in [5.41, 5.74) is 0.619. The van der Waals surface area contributed by atoms with Gasteiger partial charge in [-0.1, -0.05) is 19.9 Å². The minimum atomic E-state index is -0.437. The molecule has 4 nitrogen and oxygen atoms in total. The number of rotatable bonds is 5. The van der Waals surface area contributed by atoms with Crippen molar-refractivity contribution in [3.63, 3.8) is 0 Å². The molecule has 2 rings (SSSR count). The summed E-state index contributed by atoms with van der Waals surface area (Å²) in [5, 5.41) is 5.25. The van der Waals surface area contributed by atoms with Gasteiger partial charge in [-0.15, -0.1) is 0 Å². The number of nitrogens with one attached hydrogen (secondary N) is 2. The third kappa shape index (κ3) is 6.24. The van der Waals surface area contributed by atoms with Crippen molar-refractivity contribution in [3.05, 3.63) is 57.4 Å². The van der Waals surface area contributed by atoms with E-state index in [2.05, 4.69) is 10.6 Å². The highest BCUT2D eigenvalue weighted by molar-refractivity contribution is 14.1. The molecule has 0 unspecified atom stereocenters. The molecule has 2 N–H and O–H groups in total. The molecular formula is C18H18FIN2O2S. The molecule has 0 aliphatic carbocycles. The Balaban J connectivity index is 1.99. The maximum absolute atomic E-state index is 13.8. The molecule has 132 valence electrons. The largest absolute Gasteiger partial charge is 0.493 e. The van der Waals surface area contributed by atoms with E-state index in [1.165, 1.54) is 6.07 Å². The summed E-state index contributed by atoms with van der Waals surface area (Å²) in [6, 6.07) is 11.5. The molecule has 7 heteroatoms. The Morgan fingerprint density at radius 3 is 2.72 bits per heavy atom. The van der Waals surface area contributed by atoms with E-state index in [0.29, 0.717) is 23.8 Å². The van der Waals surface area contributed by atoms with E-state index in [9.17, 15) is 9.18 Å². The van der Waals surface area contributed by atoms with Crippen LogP contribution in [0.2, 0.25) is 0 Å². The van der Waals surface area contributed by atoms with E-state index >= 15 is 0 Å². The van der Waals surface area contributed by atoms with Gasteiger partial charge in [0.15, 0.2) is 5.11 Å². The zero-order valence-electron chi connectivity index (χ0n) is 13.8. The predicted molar refractivity (Wildman–Crippen MR) is 110 cm³/mol. The predicted octanol–water partition coefficient (Wildman–Crippen LogP) is 4.59. The Bertz CT molecular complexity index is 783. The van der Waals surface area contributed by atoms with Gasteiger partial charge in [-0.3, -0.25) is 10.1 Å². The average molecular weight is 472 g/mol. The second kappa shape index (κ2) is 9.10. The van der Waals surface area contributed by atoms with E-state index < -0.39 is 11.7 Å². The van der Waals surface area contributed by atoms with Crippen molar-refractivity contribution in [3.8, 4) is 5.75 Å². The Morgan fingerprint density at radius 2 is 2.04 bits per heavy atom. The topological polar surface area (TPSA) is 50.4 Å². The molecule has 0 bridgehead atoms. The van der Waals surface area contributed by atoms with Crippen molar-refractivity contribution in [2.45, 2.75) is 13.8 Å². The molecule has 0 atom stereocenters. The molecule has 0 heterocycles. The Morgan fingerprint density at radius 1 is 1.28 bits per heavy atom. The number of carbonyl (C=O) groups is 1. The number of halogens is 2. The molecule has 2 aromatic carbocycles. The van der Waals surface area contributed by atoms with E-state index in [0.717, 1.165) is 3.57 Å². The number of hydrogen-bond donors (Lipinski definition) is 2.